The van der Waals surface area contributed by atoms with E-state index in [1.54, 1.807) is 6.07 Å². The topological polar surface area (TPSA) is 29.3 Å². The molecule has 4 heteroatoms. The van der Waals surface area contributed by atoms with E-state index < -0.39 is 0 Å². The number of benzene rings is 1. The van der Waals surface area contributed by atoms with Crippen LogP contribution in [0.15, 0.2) is 18.2 Å². The van der Waals surface area contributed by atoms with Gasteiger partial charge in [0.1, 0.15) is 5.82 Å². The first-order chi connectivity index (χ1) is 8.53. The van der Waals surface area contributed by atoms with Gasteiger partial charge in [0, 0.05) is 23.7 Å². The molecular formula is C14H22ClFN2. The van der Waals surface area contributed by atoms with Crippen molar-refractivity contribution in [2.75, 3.05) is 13.1 Å². The normalized spacial score (nSPS) is 14.8. The Morgan fingerprint density at radius 2 is 2.00 bits per heavy atom. The van der Waals surface area contributed by atoms with Gasteiger partial charge in [0.05, 0.1) is 0 Å². The molecule has 1 aromatic carbocycles. The summed E-state index contributed by atoms with van der Waals surface area (Å²) in [6, 6.07) is 5.06. The third kappa shape index (κ3) is 3.67. The van der Waals surface area contributed by atoms with E-state index in [9.17, 15) is 4.39 Å². The molecule has 0 bridgehead atoms. The summed E-state index contributed by atoms with van der Waals surface area (Å²) in [4.78, 5) is 2.28. The van der Waals surface area contributed by atoms with Crippen LogP contribution >= 0.6 is 11.6 Å². The largest absolute Gasteiger partial charge is 0.329 e. The van der Waals surface area contributed by atoms with E-state index in [0.717, 1.165) is 18.5 Å². The molecule has 2 unspecified atom stereocenters. The summed E-state index contributed by atoms with van der Waals surface area (Å²) >= 11 is 5.91. The van der Waals surface area contributed by atoms with Crippen molar-refractivity contribution in [3.63, 3.8) is 0 Å². The van der Waals surface area contributed by atoms with Gasteiger partial charge in [0.15, 0.2) is 0 Å². The molecule has 18 heavy (non-hydrogen) atoms. The fraction of sp³-hybridized carbons (Fsp3) is 0.571. The Morgan fingerprint density at radius 3 is 2.44 bits per heavy atom. The van der Waals surface area contributed by atoms with Crippen LogP contribution in [0.1, 0.15) is 38.8 Å². The van der Waals surface area contributed by atoms with Crippen LogP contribution in [0.25, 0.3) is 0 Å². The van der Waals surface area contributed by atoms with E-state index >= 15 is 0 Å². The monoisotopic (exact) mass is 272 g/mol. The van der Waals surface area contributed by atoms with E-state index in [4.69, 9.17) is 17.3 Å². The fourth-order valence-electron chi connectivity index (χ4n) is 2.30. The van der Waals surface area contributed by atoms with Crippen LogP contribution in [0.5, 0.6) is 0 Å². The minimum Gasteiger partial charge on any atom is -0.329 e. The van der Waals surface area contributed by atoms with Crippen molar-refractivity contribution in [1.82, 2.24) is 4.90 Å². The zero-order valence-electron chi connectivity index (χ0n) is 11.3. The first-order valence-electron chi connectivity index (χ1n) is 6.45. The van der Waals surface area contributed by atoms with Crippen LogP contribution in [0.3, 0.4) is 0 Å². The molecule has 1 aromatic rings. The molecule has 2 atom stereocenters. The minimum absolute atomic E-state index is 0.0122. The summed E-state index contributed by atoms with van der Waals surface area (Å²) in [6.45, 7) is 7.73. The summed E-state index contributed by atoms with van der Waals surface area (Å²) < 4.78 is 13.4. The average Bonchev–Trinajstić information content (AvgIpc) is 2.33. The van der Waals surface area contributed by atoms with Gasteiger partial charge in [-0.05, 0) is 43.7 Å². The maximum atomic E-state index is 13.4. The predicted octanol–water partition coefficient (Wildman–Crippen LogP) is 3.60. The van der Waals surface area contributed by atoms with Crippen LogP contribution in [0.4, 0.5) is 4.39 Å². The lowest BCUT2D eigenvalue weighted by Crippen LogP contribution is -2.39. The number of rotatable bonds is 6. The van der Waals surface area contributed by atoms with E-state index in [0.29, 0.717) is 17.6 Å². The van der Waals surface area contributed by atoms with Crippen LogP contribution < -0.4 is 5.73 Å². The van der Waals surface area contributed by atoms with Crippen LogP contribution in [-0.4, -0.2) is 24.0 Å². The quantitative estimate of drug-likeness (QED) is 0.857. The Morgan fingerprint density at radius 1 is 1.33 bits per heavy atom. The molecule has 0 saturated carbocycles. The van der Waals surface area contributed by atoms with Gasteiger partial charge in [-0.25, -0.2) is 4.39 Å². The van der Waals surface area contributed by atoms with E-state index in [-0.39, 0.29) is 11.9 Å². The fourth-order valence-corrected chi connectivity index (χ4v) is 2.53. The van der Waals surface area contributed by atoms with Crippen molar-refractivity contribution in [2.45, 2.75) is 39.3 Å². The lowest BCUT2D eigenvalue weighted by atomic mass is 10.0. The second-order valence-corrected chi connectivity index (χ2v) is 4.98. The lowest BCUT2D eigenvalue weighted by molar-refractivity contribution is 0.152. The van der Waals surface area contributed by atoms with Gasteiger partial charge in [0.25, 0.3) is 0 Å². The maximum Gasteiger partial charge on any atom is 0.125 e. The van der Waals surface area contributed by atoms with E-state index in [2.05, 4.69) is 25.7 Å². The molecule has 0 amide bonds. The Balaban J connectivity index is 3.06. The molecule has 0 aromatic heterocycles. The Hall–Kier alpha value is -0.640. The Labute approximate surface area is 114 Å². The number of nitrogens with two attached hydrogens (primary N) is 1. The number of hydrogen-bond donors (Lipinski definition) is 1. The van der Waals surface area contributed by atoms with Gasteiger partial charge in [-0.1, -0.05) is 25.4 Å². The Kier molecular flexibility index (Phi) is 6.06. The van der Waals surface area contributed by atoms with Gasteiger partial charge in [-0.15, -0.1) is 0 Å². The molecule has 0 fully saturated rings. The SMILES string of the molecule is CCC(C)N(CC)C(CN)c1cc(F)cc(Cl)c1. The third-order valence-electron chi connectivity index (χ3n) is 3.42. The molecule has 2 N–H and O–H groups in total. The minimum atomic E-state index is -0.309. The second-order valence-electron chi connectivity index (χ2n) is 4.54. The lowest BCUT2D eigenvalue weighted by Gasteiger charge is -2.35. The highest BCUT2D eigenvalue weighted by Crippen LogP contribution is 2.26. The van der Waals surface area contributed by atoms with Crippen LogP contribution in [0.2, 0.25) is 5.02 Å². The summed E-state index contributed by atoms with van der Waals surface area (Å²) in [7, 11) is 0. The van der Waals surface area contributed by atoms with Crippen molar-refractivity contribution < 1.29 is 4.39 Å². The number of nitrogens with zero attached hydrogens (tertiary/aromatic N) is 1. The van der Waals surface area contributed by atoms with Crippen LogP contribution in [0, 0.1) is 5.82 Å². The summed E-state index contributed by atoms with van der Waals surface area (Å²) in [5.74, 6) is -0.309. The molecule has 0 saturated heterocycles. The second kappa shape index (κ2) is 7.07. The van der Waals surface area contributed by atoms with Crippen molar-refractivity contribution in [3.8, 4) is 0 Å². The standard InChI is InChI=1S/C14H22ClFN2/c1-4-10(3)18(5-2)14(9-17)11-6-12(15)8-13(16)7-11/h6-8,10,14H,4-5,9,17H2,1-3H3. The van der Waals surface area contributed by atoms with Gasteiger partial charge < -0.3 is 5.73 Å². The molecule has 0 heterocycles. The van der Waals surface area contributed by atoms with Crippen molar-refractivity contribution in [3.05, 3.63) is 34.6 Å². The molecule has 0 aliphatic rings. The first-order valence-corrected chi connectivity index (χ1v) is 6.83. The zero-order chi connectivity index (χ0) is 13.7. The molecule has 0 aliphatic heterocycles. The van der Waals surface area contributed by atoms with Crippen LogP contribution in [-0.2, 0) is 0 Å². The number of likely N-dealkylation sites (N-methyl/N-ethyl adjacent to an activating group) is 1. The molecule has 0 spiro atoms. The van der Waals surface area contributed by atoms with Crippen molar-refractivity contribution >= 4 is 11.6 Å². The maximum absolute atomic E-state index is 13.4. The smallest absolute Gasteiger partial charge is 0.125 e. The third-order valence-corrected chi connectivity index (χ3v) is 3.63. The zero-order valence-corrected chi connectivity index (χ0v) is 12.0. The molecule has 0 radical (unpaired) electrons. The average molecular weight is 273 g/mol. The van der Waals surface area contributed by atoms with Crippen molar-refractivity contribution in [2.24, 2.45) is 5.73 Å². The highest BCUT2D eigenvalue weighted by molar-refractivity contribution is 6.30. The Bertz CT molecular complexity index is 364. The molecule has 0 aliphatic carbocycles. The van der Waals surface area contributed by atoms with Crippen molar-refractivity contribution in [1.29, 1.82) is 0 Å². The highest BCUT2D eigenvalue weighted by Gasteiger charge is 2.22. The molecule has 2 nitrogen and oxygen atoms in total. The highest BCUT2D eigenvalue weighted by atomic mass is 35.5. The van der Waals surface area contributed by atoms with Gasteiger partial charge >= 0.3 is 0 Å². The summed E-state index contributed by atoms with van der Waals surface area (Å²) in [5, 5.41) is 0.420. The van der Waals surface area contributed by atoms with E-state index in [1.807, 2.05) is 0 Å². The number of hydrogen-bond acceptors (Lipinski definition) is 2. The van der Waals surface area contributed by atoms with E-state index in [1.165, 1.54) is 12.1 Å². The first kappa shape index (κ1) is 15.4. The van der Waals surface area contributed by atoms with Gasteiger partial charge in [0.2, 0.25) is 0 Å². The molecular weight excluding hydrogens is 251 g/mol. The van der Waals surface area contributed by atoms with Gasteiger partial charge in [-0.3, -0.25) is 4.90 Å². The molecule has 1 rings (SSSR count). The summed E-state index contributed by atoms with van der Waals surface area (Å²) in [6.07, 6.45) is 1.04. The molecule has 102 valence electrons. The number of halogens is 2. The summed E-state index contributed by atoms with van der Waals surface area (Å²) in [5.41, 5.74) is 6.72. The predicted molar refractivity (Wildman–Crippen MR) is 75.3 cm³/mol. The van der Waals surface area contributed by atoms with Gasteiger partial charge in [-0.2, -0.15) is 0 Å².